The third kappa shape index (κ3) is 22.0. The van der Waals surface area contributed by atoms with Crippen molar-refractivity contribution in [1.29, 1.82) is 0 Å². The Hall–Kier alpha value is -2.64. The topological polar surface area (TPSA) is 191 Å². The summed E-state index contributed by atoms with van der Waals surface area (Å²) in [6.45, 7) is 9.49. The first kappa shape index (κ1) is 43.5. The Morgan fingerprint density at radius 2 is 1.75 bits per heavy atom. The monoisotopic (exact) mass is 694 g/mol. The van der Waals surface area contributed by atoms with Crippen LogP contribution in [0, 0.1) is 18.8 Å². The van der Waals surface area contributed by atoms with E-state index in [1.54, 1.807) is 19.2 Å². The van der Waals surface area contributed by atoms with Gasteiger partial charge in [0.1, 0.15) is 18.9 Å². The first-order valence-electron chi connectivity index (χ1n) is 14.3. The van der Waals surface area contributed by atoms with E-state index in [-0.39, 0.29) is 69.6 Å². The molecular formula is C31H49N4O8Y-. The molecule has 13 heteroatoms. The van der Waals surface area contributed by atoms with Crippen molar-refractivity contribution >= 4 is 24.1 Å². The number of aryl methyl sites for hydroxylation is 1. The van der Waals surface area contributed by atoms with Gasteiger partial charge in [0.05, 0.1) is 6.04 Å². The molecule has 44 heavy (non-hydrogen) atoms. The molecule has 1 heterocycles. The Morgan fingerprint density at radius 1 is 1.14 bits per heavy atom. The fourth-order valence-corrected chi connectivity index (χ4v) is 3.80. The van der Waals surface area contributed by atoms with E-state index in [1.807, 2.05) is 45.9 Å². The van der Waals surface area contributed by atoms with Gasteiger partial charge in [-0.15, -0.1) is 13.1 Å². The summed E-state index contributed by atoms with van der Waals surface area (Å²) in [5, 5.41) is 25.8. The second-order valence-corrected chi connectivity index (χ2v) is 10.4. The molecule has 245 valence electrons. The van der Waals surface area contributed by atoms with Gasteiger partial charge in [0, 0.05) is 38.6 Å². The van der Waals surface area contributed by atoms with Crippen molar-refractivity contribution in [2.75, 3.05) is 33.3 Å². The zero-order valence-electron chi connectivity index (χ0n) is 26.6. The van der Waals surface area contributed by atoms with Crippen LogP contribution in [0.15, 0.2) is 47.7 Å². The van der Waals surface area contributed by atoms with Gasteiger partial charge in [0.25, 0.3) is 0 Å². The summed E-state index contributed by atoms with van der Waals surface area (Å²) in [6.07, 6.45) is 9.30. The number of carboxylic acids is 1. The summed E-state index contributed by atoms with van der Waals surface area (Å²) in [6, 6.07) is 6.83. The molecule has 2 aliphatic rings. The summed E-state index contributed by atoms with van der Waals surface area (Å²) in [7, 11) is 1.69. The standard InChI is InChI=1S/C9H18N2O3.C9H12O2.C7H8O2.C6H11N2O.Y/c1-6(2)4-7(10-3)9(14)11-5-8(12)13;1-8-4-2-3-5-9(8)11-7-6-10;1-6-2-4-7(9-8)5-3-6;7-6(9)5-1-3-8-4-2-5;/h6-7,10H,4-5H2,1-3H3,(H,11,14)(H,12,13);3,5-6H,2,4,7H2,1H3;2-5,8H,1H3;5H,1-4H2,(H2,7,9);/q;;;-1;. The van der Waals surface area contributed by atoms with E-state index in [0.29, 0.717) is 18.1 Å². The number of piperidine rings is 1. The number of allylic oxidation sites excluding steroid dienone is 3. The second kappa shape index (κ2) is 26.7. The normalized spacial score (nSPS) is 14.5. The molecule has 1 aliphatic carbocycles. The number of carboxylic acid groups (broad SMARTS) is 1. The van der Waals surface area contributed by atoms with E-state index in [0.717, 1.165) is 56.4 Å². The molecule has 12 nitrogen and oxygen atoms in total. The molecule has 0 spiro atoms. The zero-order valence-corrected chi connectivity index (χ0v) is 29.4. The second-order valence-electron chi connectivity index (χ2n) is 10.4. The number of aliphatic carboxylic acids is 1. The SMILES string of the molecule is CC1=C(OCC=O)C=CCC1.CNC(CC(C)C)C(=O)NCC(=O)O.Cc1ccc(OO)cc1.NC(=O)C1CC[N-]CC1.[Y]. The molecule has 1 atom stereocenters. The molecule has 0 aromatic heterocycles. The molecule has 1 aromatic carbocycles. The van der Waals surface area contributed by atoms with Gasteiger partial charge in [-0.2, -0.15) is 0 Å². The van der Waals surface area contributed by atoms with Crippen molar-refractivity contribution in [1.82, 2.24) is 10.6 Å². The van der Waals surface area contributed by atoms with E-state index in [1.165, 1.54) is 5.57 Å². The number of benzene rings is 1. The van der Waals surface area contributed by atoms with Crippen LogP contribution >= 0.6 is 0 Å². The predicted molar refractivity (Wildman–Crippen MR) is 165 cm³/mol. The molecule has 1 aromatic rings. The van der Waals surface area contributed by atoms with Gasteiger partial charge in [-0.3, -0.25) is 19.2 Å². The minimum absolute atomic E-state index is 0. The van der Waals surface area contributed by atoms with Crippen molar-refractivity contribution in [3.8, 4) is 5.75 Å². The summed E-state index contributed by atoms with van der Waals surface area (Å²) in [5.41, 5.74) is 7.47. The minimum atomic E-state index is -1.03. The van der Waals surface area contributed by atoms with Crippen molar-refractivity contribution in [3.05, 3.63) is 58.6 Å². The number of primary amides is 1. The zero-order chi connectivity index (χ0) is 32.6. The number of amides is 2. The molecular weight excluding hydrogens is 645 g/mol. The van der Waals surface area contributed by atoms with Crippen molar-refractivity contribution in [2.24, 2.45) is 17.6 Å². The van der Waals surface area contributed by atoms with Gasteiger partial charge in [-0.1, -0.05) is 50.5 Å². The fraction of sp³-hybridized carbons (Fsp3) is 0.548. The van der Waals surface area contributed by atoms with Crippen LogP contribution in [-0.2, 0) is 56.6 Å². The average Bonchev–Trinajstić information content (AvgIpc) is 3.00. The van der Waals surface area contributed by atoms with Crippen LogP contribution in [0.4, 0.5) is 0 Å². The first-order valence-corrected chi connectivity index (χ1v) is 14.3. The maximum absolute atomic E-state index is 11.4. The van der Waals surface area contributed by atoms with E-state index < -0.39 is 5.97 Å². The molecule has 1 fully saturated rings. The summed E-state index contributed by atoms with van der Waals surface area (Å²) >= 11 is 0. The number of nitrogens with one attached hydrogen (secondary N) is 2. The molecule has 1 radical (unpaired) electrons. The predicted octanol–water partition coefficient (Wildman–Crippen LogP) is 3.75. The Balaban J connectivity index is 0. The first-order chi connectivity index (χ1) is 20.4. The molecule has 3 rings (SSSR count). The van der Waals surface area contributed by atoms with Gasteiger partial charge >= 0.3 is 5.97 Å². The molecule has 1 saturated heterocycles. The number of carbonyl (C=O) groups is 4. The number of nitrogens with zero attached hydrogens (tertiary/aromatic N) is 1. The molecule has 0 saturated carbocycles. The van der Waals surface area contributed by atoms with Crippen LogP contribution < -0.4 is 21.3 Å². The third-order valence-electron chi connectivity index (χ3n) is 6.27. The molecule has 0 bridgehead atoms. The van der Waals surface area contributed by atoms with Gasteiger partial charge in [0.2, 0.25) is 11.8 Å². The number of rotatable bonds is 11. The van der Waals surface area contributed by atoms with Gasteiger partial charge in [-0.25, -0.2) is 5.26 Å². The number of nitrogens with two attached hydrogens (primary N) is 1. The number of carbonyl (C=O) groups excluding carboxylic acids is 3. The summed E-state index contributed by atoms with van der Waals surface area (Å²) in [5.74, 6) is 0.376. The quantitative estimate of drug-likeness (QED) is 0.130. The van der Waals surface area contributed by atoms with E-state index >= 15 is 0 Å². The van der Waals surface area contributed by atoms with E-state index in [9.17, 15) is 19.2 Å². The smallest absolute Gasteiger partial charge is 0.322 e. The van der Waals surface area contributed by atoms with Crippen LogP contribution in [0.1, 0.15) is 58.4 Å². The Labute approximate surface area is 286 Å². The molecule has 1 unspecified atom stereocenters. The average molecular weight is 695 g/mol. The molecule has 2 amide bonds. The largest absolute Gasteiger partial charge is 0.662 e. The van der Waals surface area contributed by atoms with Crippen molar-refractivity contribution < 1.29 is 71.9 Å². The third-order valence-corrected chi connectivity index (χ3v) is 6.27. The Bertz CT molecular complexity index is 1030. The summed E-state index contributed by atoms with van der Waals surface area (Å²) < 4.78 is 5.17. The van der Waals surface area contributed by atoms with Gasteiger partial charge in [0.15, 0.2) is 12.0 Å². The van der Waals surface area contributed by atoms with Crippen LogP contribution in [0.3, 0.4) is 0 Å². The number of likely N-dealkylation sites (N-methyl/N-ethyl adjacent to an activating group) is 1. The fourth-order valence-electron chi connectivity index (χ4n) is 3.80. The van der Waals surface area contributed by atoms with Gasteiger partial charge in [-0.05, 0) is 69.9 Å². The summed E-state index contributed by atoms with van der Waals surface area (Å²) in [4.78, 5) is 46.1. The van der Waals surface area contributed by atoms with Crippen LogP contribution in [-0.4, -0.2) is 73.8 Å². The van der Waals surface area contributed by atoms with E-state index in [4.69, 9.17) is 20.8 Å². The maximum Gasteiger partial charge on any atom is 0.322 e. The number of aldehydes is 1. The Kier molecular flexibility index (Phi) is 26.4. The van der Waals surface area contributed by atoms with Crippen LogP contribution in [0.2, 0.25) is 0 Å². The maximum atomic E-state index is 11.4. The molecule has 1 aliphatic heterocycles. The van der Waals surface area contributed by atoms with Crippen molar-refractivity contribution in [2.45, 2.75) is 65.8 Å². The van der Waals surface area contributed by atoms with Crippen LogP contribution in [0.5, 0.6) is 5.75 Å². The van der Waals surface area contributed by atoms with Crippen molar-refractivity contribution in [3.63, 3.8) is 0 Å². The van der Waals surface area contributed by atoms with Crippen LogP contribution in [0.25, 0.3) is 5.32 Å². The van der Waals surface area contributed by atoms with E-state index in [2.05, 4.69) is 26.9 Å². The molecule has 6 N–H and O–H groups in total. The number of hydrogen-bond acceptors (Lipinski definition) is 8. The number of hydrogen-bond donors (Lipinski definition) is 5. The minimum Gasteiger partial charge on any atom is -0.662 e. The Morgan fingerprint density at radius 3 is 2.18 bits per heavy atom. The number of ether oxygens (including phenoxy) is 1. The van der Waals surface area contributed by atoms with Gasteiger partial charge < -0.3 is 36.4 Å².